The molecule has 0 aliphatic rings. The van der Waals surface area contributed by atoms with E-state index in [2.05, 4.69) is 0 Å². The van der Waals surface area contributed by atoms with Gasteiger partial charge in [0.25, 0.3) is 0 Å². The van der Waals surface area contributed by atoms with Crippen molar-refractivity contribution in [3.8, 4) is 0 Å². The lowest BCUT2D eigenvalue weighted by Gasteiger charge is -2.16. The van der Waals surface area contributed by atoms with E-state index in [1.165, 1.54) is 12.1 Å². The zero-order valence-corrected chi connectivity index (χ0v) is 10.8. The van der Waals surface area contributed by atoms with E-state index < -0.39 is 5.97 Å². The number of carboxylic acids is 1. The zero-order valence-electron chi connectivity index (χ0n) is 10.8. The minimum absolute atomic E-state index is 0.120. The smallest absolute Gasteiger partial charge is 0.335 e. The normalized spacial score (nSPS) is 13.7. The van der Waals surface area contributed by atoms with Gasteiger partial charge in [0.1, 0.15) is 6.10 Å². The highest BCUT2D eigenvalue weighted by molar-refractivity contribution is 5.87. The lowest BCUT2D eigenvalue weighted by atomic mass is 10.1. The van der Waals surface area contributed by atoms with Gasteiger partial charge in [0.05, 0.1) is 11.5 Å². The molecule has 0 bridgehead atoms. The first-order valence-electron chi connectivity index (χ1n) is 5.99. The van der Waals surface area contributed by atoms with Crippen LogP contribution in [0.3, 0.4) is 0 Å². The van der Waals surface area contributed by atoms with E-state index in [9.17, 15) is 9.59 Å². The van der Waals surface area contributed by atoms with Crippen molar-refractivity contribution in [3.05, 3.63) is 35.4 Å². The Morgan fingerprint density at radius 1 is 1.22 bits per heavy atom. The third-order valence-electron chi connectivity index (χ3n) is 2.93. The molecule has 0 saturated carbocycles. The van der Waals surface area contributed by atoms with E-state index in [1.54, 1.807) is 19.1 Å². The van der Waals surface area contributed by atoms with Crippen LogP contribution in [-0.2, 0) is 9.53 Å². The SMILES string of the molecule is CCC(C)C(=O)OC(C)c1ccc(C(=O)O)cc1. The summed E-state index contributed by atoms with van der Waals surface area (Å²) in [5.74, 6) is -1.32. The number of carbonyl (C=O) groups is 2. The molecular weight excluding hydrogens is 232 g/mol. The fourth-order valence-corrected chi connectivity index (χ4v) is 1.42. The lowest BCUT2D eigenvalue weighted by Crippen LogP contribution is -2.16. The van der Waals surface area contributed by atoms with Crippen LogP contribution in [0.1, 0.15) is 49.2 Å². The molecule has 4 nitrogen and oxygen atoms in total. The summed E-state index contributed by atoms with van der Waals surface area (Å²) in [6.45, 7) is 5.52. The van der Waals surface area contributed by atoms with Crippen LogP contribution in [0.4, 0.5) is 0 Å². The number of hydrogen-bond acceptors (Lipinski definition) is 3. The summed E-state index contributed by atoms with van der Waals surface area (Å²) in [7, 11) is 0. The molecule has 1 N–H and O–H groups in total. The van der Waals surface area contributed by atoms with Crippen molar-refractivity contribution < 1.29 is 19.4 Å². The molecule has 1 aromatic rings. The van der Waals surface area contributed by atoms with Crippen molar-refractivity contribution in [2.75, 3.05) is 0 Å². The minimum atomic E-state index is -0.967. The largest absolute Gasteiger partial charge is 0.478 e. The number of aromatic carboxylic acids is 1. The van der Waals surface area contributed by atoms with Crippen molar-refractivity contribution >= 4 is 11.9 Å². The number of rotatable bonds is 5. The van der Waals surface area contributed by atoms with Crippen molar-refractivity contribution in [2.45, 2.75) is 33.3 Å². The van der Waals surface area contributed by atoms with E-state index in [1.807, 2.05) is 13.8 Å². The van der Waals surface area contributed by atoms with Crippen molar-refractivity contribution in [1.82, 2.24) is 0 Å². The molecule has 4 heteroatoms. The summed E-state index contributed by atoms with van der Waals surface area (Å²) in [5, 5.41) is 8.78. The van der Waals surface area contributed by atoms with Gasteiger partial charge in [-0.3, -0.25) is 4.79 Å². The molecule has 0 aromatic heterocycles. The Morgan fingerprint density at radius 3 is 2.22 bits per heavy atom. The predicted molar refractivity (Wildman–Crippen MR) is 67.4 cm³/mol. The molecule has 0 fully saturated rings. The van der Waals surface area contributed by atoms with Crippen molar-refractivity contribution in [2.24, 2.45) is 5.92 Å². The highest BCUT2D eigenvalue weighted by atomic mass is 16.5. The molecule has 0 heterocycles. The third-order valence-corrected chi connectivity index (χ3v) is 2.93. The fraction of sp³-hybridized carbons (Fsp3) is 0.429. The Bertz CT molecular complexity index is 422. The monoisotopic (exact) mass is 250 g/mol. The first kappa shape index (κ1) is 14.2. The first-order valence-corrected chi connectivity index (χ1v) is 5.99. The summed E-state index contributed by atoms with van der Waals surface area (Å²) in [5.41, 5.74) is 1.01. The van der Waals surface area contributed by atoms with Crippen molar-refractivity contribution in [1.29, 1.82) is 0 Å². The van der Waals surface area contributed by atoms with E-state index >= 15 is 0 Å². The average Bonchev–Trinajstić information content (AvgIpc) is 2.37. The third kappa shape index (κ3) is 3.58. The van der Waals surface area contributed by atoms with Gasteiger partial charge in [-0.15, -0.1) is 0 Å². The summed E-state index contributed by atoms with van der Waals surface area (Å²) >= 11 is 0. The number of ether oxygens (including phenoxy) is 1. The molecule has 2 unspecified atom stereocenters. The summed E-state index contributed by atoms with van der Waals surface area (Å²) in [6, 6.07) is 6.34. The Balaban J connectivity index is 2.70. The molecule has 1 rings (SSSR count). The lowest BCUT2D eigenvalue weighted by molar-refractivity contribution is -0.153. The number of benzene rings is 1. The molecule has 0 spiro atoms. The van der Waals surface area contributed by atoms with E-state index in [-0.39, 0.29) is 23.6 Å². The van der Waals surface area contributed by atoms with Crippen LogP contribution in [0.2, 0.25) is 0 Å². The standard InChI is InChI=1S/C14H18O4/c1-4-9(2)14(17)18-10(3)11-5-7-12(8-6-11)13(15)16/h5-10H,4H2,1-3H3,(H,15,16). The predicted octanol–water partition coefficient (Wildman–Crippen LogP) is 3.04. The molecule has 0 aliphatic heterocycles. The highest BCUT2D eigenvalue weighted by Crippen LogP contribution is 2.19. The van der Waals surface area contributed by atoms with Crippen LogP contribution < -0.4 is 0 Å². The fourth-order valence-electron chi connectivity index (χ4n) is 1.42. The summed E-state index contributed by atoms with van der Waals surface area (Å²) in [4.78, 5) is 22.3. The Kier molecular flexibility index (Phi) is 4.89. The van der Waals surface area contributed by atoms with Crippen molar-refractivity contribution in [3.63, 3.8) is 0 Å². The van der Waals surface area contributed by atoms with Gasteiger partial charge in [-0.2, -0.15) is 0 Å². The van der Waals surface area contributed by atoms with Gasteiger partial charge in [0.2, 0.25) is 0 Å². The Morgan fingerprint density at radius 2 is 1.78 bits per heavy atom. The van der Waals surface area contributed by atoms with Gasteiger partial charge in [0, 0.05) is 0 Å². The number of carbonyl (C=O) groups excluding carboxylic acids is 1. The van der Waals surface area contributed by atoms with Crippen LogP contribution in [0, 0.1) is 5.92 Å². The van der Waals surface area contributed by atoms with Gasteiger partial charge in [-0.05, 0) is 31.0 Å². The molecule has 0 saturated heterocycles. The molecule has 1 aromatic carbocycles. The second-order valence-electron chi connectivity index (χ2n) is 4.32. The van der Waals surface area contributed by atoms with Gasteiger partial charge >= 0.3 is 11.9 Å². The van der Waals surface area contributed by atoms with E-state index in [0.29, 0.717) is 0 Å². The second kappa shape index (κ2) is 6.19. The maximum atomic E-state index is 11.6. The highest BCUT2D eigenvalue weighted by Gasteiger charge is 2.16. The quantitative estimate of drug-likeness (QED) is 0.816. The molecule has 0 aliphatic carbocycles. The minimum Gasteiger partial charge on any atom is -0.478 e. The summed E-state index contributed by atoms with van der Waals surface area (Å²) < 4.78 is 5.30. The van der Waals surface area contributed by atoms with E-state index in [0.717, 1.165) is 12.0 Å². The molecule has 0 amide bonds. The zero-order chi connectivity index (χ0) is 13.7. The van der Waals surface area contributed by atoms with Gasteiger partial charge in [0.15, 0.2) is 0 Å². The van der Waals surface area contributed by atoms with Crippen LogP contribution in [0.5, 0.6) is 0 Å². The summed E-state index contributed by atoms with van der Waals surface area (Å²) in [6.07, 6.45) is 0.373. The average molecular weight is 250 g/mol. The maximum absolute atomic E-state index is 11.6. The van der Waals surface area contributed by atoms with Gasteiger partial charge in [-0.25, -0.2) is 4.79 Å². The molecule has 2 atom stereocenters. The topological polar surface area (TPSA) is 63.6 Å². The van der Waals surface area contributed by atoms with Crippen LogP contribution >= 0.6 is 0 Å². The van der Waals surface area contributed by atoms with Crippen LogP contribution in [-0.4, -0.2) is 17.0 Å². The first-order chi connectivity index (χ1) is 8.45. The molecule has 98 valence electrons. The molecular formula is C14H18O4. The second-order valence-corrected chi connectivity index (χ2v) is 4.32. The Hall–Kier alpha value is -1.84. The number of carboxylic acid groups (broad SMARTS) is 1. The number of hydrogen-bond donors (Lipinski definition) is 1. The van der Waals surface area contributed by atoms with Crippen LogP contribution in [0.15, 0.2) is 24.3 Å². The van der Waals surface area contributed by atoms with Gasteiger partial charge < -0.3 is 9.84 Å². The number of esters is 1. The van der Waals surface area contributed by atoms with Crippen LogP contribution in [0.25, 0.3) is 0 Å². The maximum Gasteiger partial charge on any atom is 0.335 e. The molecule has 0 radical (unpaired) electrons. The Labute approximate surface area is 107 Å². The molecule has 18 heavy (non-hydrogen) atoms. The van der Waals surface area contributed by atoms with E-state index in [4.69, 9.17) is 9.84 Å². The van der Waals surface area contributed by atoms with Gasteiger partial charge in [-0.1, -0.05) is 26.0 Å².